The number of aromatic nitrogens is 1. The maximum absolute atomic E-state index is 12.5. The van der Waals surface area contributed by atoms with Gasteiger partial charge in [-0.3, -0.25) is 10.5 Å². The van der Waals surface area contributed by atoms with Gasteiger partial charge in [-0.15, -0.1) is 0 Å². The molecule has 1 heterocycles. The summed E-state index contributed by atoms with van der Waals surface area (Å²) in [6, 6.07) is 19.2. The molecule has 1 aromatic heterocycles. The quantitative estimate of drug-likeness (QED) is 0.443. The number of rotatable bonds is 5. The first-order valence-corrected chi connectivity index (χ1v) is 8.20. The molecule has 0 aliphatic carbocycles. The second kappa shape index (κ2) is 7.03. The summed E-state index contributed by atoms with van der Waals surface area (Å²) >= 11 is 1.49. The van der Waals surface area contributed by atoms with Crippen LogP contribution < -0.4 is 10.3 Å². The molecule has 0 aliphatic heterocycles. The third-order valence-corrected chi connectivity index (χ3v) is 4.30. The lowest BCUT2D eigenvalue weighted by Gasteiger charge is -2.07. The molecule has 0 saturated carbocycles. The third-order valence-electron chi connectivity index (χ3n) is 3.56. The number of hydrogen-bond donors (Lipinski definition) is 1. The van der Waals surface area contributed by atoms with E-state index in [9.17, 15) is 4.79 Å². The van der Waals surface area contributed by atoms with Crippen LogP contribution in [0.5, 0.6) is 0 Å². The van der Waals surface area contributed by atoms with Crippen molar-refractivity contribution in [1.29, 1.82) is 0 Å². The molecule has 2 N–H and O–H groups in total. The van der Waals surface area contributed by atoms with Crippen LogP contribution in [0.4, 0.5) is 5.13 Å². The van der Waals surface area contributed by atoms with Gasteiger partial charge in [-0.25, -0.2) is 4.57 Å². The Morgan fingerprint density at radius 1 is 1.00 bits per heavy atom. The van der Waals surface area contributed by atoms with Gasteiger partial charge in [0.25, 0.3) is 0 Å². The predicted octanol–water partition coefficient (Wildman–Crippen LogP) is 3.58. The topological polar surface area (TPSA) is 47.0 Å². The van der Waals surface area contributed by atoms with Crippen LogP contribution in [0.25, 0.3) is 5.57 Å². The first-order chi connectivity index (χ1) is 11.2. The Bertz CT molecular complexity index is 823. The van der Waals surface area contributed by atoms with Gasteiger partial charge in [0.15, 0.2) is 5.78 Å². The fraction of sp³-hybridized carbons (Fsp3) is 0.0526. The Hall–Kier alpha value is -2.72. The van der Waals surface area contributed by atoms with Crippen LogP contribution in [0.2, 0.25) is 0 Å². The average Bonchev–Trinajstić information content (AvgIpc) is 3.00. The normalized spacial score (nSPS) is 11.4. The van der Waals surface area contributed by atoms with E-state index in [0.29, 0.717) is 12.1 Å². The Balaban J connectivity index is 1.96. The number of allylic oxidation sites excluding steroid dienone is 2. The molecule has 3 aromatic rings. The lowest BCUT2D eigenvalue weighted by atomic mass is 10.0. The van der Waals surface area contributed by atoms with E-state index in [4.69, 9.17) is 5.73 Å². The summed E-state index contributed by atoms with van der Waals surface area (Å²) < 4.78 is 1.95. The maximum atomic E-state index is 12.5. The molecular weight excluding hydrogens is 304 g/mol. The highest BCUT2D eigenvalue weighted by atomic mass is 32.1. The van der Waals surface area contributed by atoms with E-state index >= 15 is 0 Å². The first-order valence-electron chi connectivity index (χ1n) is 7.32. The highest BCUT2D eigenvalue weighted by Gasteiger charge is 2.12. The summed E-state index contributed by atoms with van der Waals surface area (Å²) in [7, 11) is 0. The molecule has 0 fully saturated rings. The van der Waals surface area contributed by atoms with Crippen LogP contribution in [0.3, 0.4) is 0 Å². The van der Waals surface area contributed by atoms with Crippen molar-refractivity contribution in [3.63, 3.8) is 0 Å². The molecular formula is C19H17N2OS+. The van der Waals surface area contributed by atoms with Gasteiger partial charge in [0.1, 0.15) is 12.7 Å². The van der Waals surface area contributed by atoms with Gasteiger partial charge < -0.3 is 0 Å². The molecule has 3 nitrogen and oxygen atoms in total. The molecule has 4 heteroatoms. The second-order valence-corrected chi connectivity index (χ2v) is 6.06. The van der Waals surface area contributed by atoms with Crippen LogP contribution in [-0.4, -0.2) is 5.78 Å². The number of nitrogens with zero attached hydrogens (tertiary/aromatic N) is 1. The van der Waals surface area contributed by atoms with Crippen molar-refractivity contribution in [2.75, 3.05) is 5.73 Å². The van der Waals surface area contributed by atoms with Crippen molar-refractivity contribution in [1.82, 2.24) is 0 Å². The van der Waals surface area contributed by atoms with E-state index in [2.05, 4.69) is 0 Å². The summed E-state index contributed by atoms with van der Waals surface area (Å²) in [5.74, 6) is -0.00106. The molecule has 0 aliphatic rings. The number of nitrogens with two attached hydrogens (primary N) is 1. The zero-order chi connectivity index (χ0) is 16.1. The summed E-state index contributed by atoms with van der Waals surface area (Å²) in [5, 5.41) is 2.66. The number of ketones is 1. The van der Waals surface area contributed by atoms with Gasteiger partial charge in [-0.05, 0) is 11.6 Å². The molecule has 0 unspecified atom stereocenters. The maximum Gasteiger partial charge on any atom is 0.331 e. The van der Waals surface area contributed by atoms with Crippen molar-refractivity contribution in [3.05, 3.63) is 89.4 Å². The van der Waals surface area contributed by atoms with Crippen LogP contribution in [0.1, 0.15) is 15.9 Å². The number of benzene rings is 2. The lowest BCUT2D eigenvalue weighted by molar-refractivity contribution is -0.665. The first kappa shape index (κ1) is 15.2. The van der Waals surface area contributed by atoms with E-state index < -0.39 is 0 Å². The Kier molecular flexibility index (Phi) is 4.64. The van der Waals surface area contributed by atoms with E-state index in [1.54, 1.807) is 6.08 Å². The van der Waals surface area contributed by atoms with E-state index in [0.717, 1.165) is 16.3 Å². The van der Waals surface area contributed by atoms with Crippen LogP contribution in [0, 0.1) is 0 Å². The van der Waals surface area contributed by atoms with Crippen LogP contribution in [0.15, 0.2) is 78.3 Å². The number of carbonyl (C=O) groups excluding carboxylic acids is 1. The van der Waals surface area contributed by atoms with Crippen LogP contribution in [-0.2, 0) is 6.54 Å². The highest BCUT2D eigenvalue weighted by molar-refractivity contribution is 7.12. The Morgan fingerprint density at radius 3 is 2.17 bits per heavy atom. The average molecular weight is 321 g/mol. The Labute approximate surface area is 139 Å². The van der Waals surface area contributed by atoms with Crippen molar-refractivity contribution in [3.8, 4) is 0 Å². The third kappa shape index (κ3) is 3.73. The predicted molar refractivity (Wildman–Crippen MR) is 94.1 cm³/mol. The molecule has 0 spiro atoms. The molecule has 23 heavy (non-hydrogen) atoms. The molecule has 2 aromatic carbocycles. The fourth-order valence-corrected chi connectivity index (χ4v) is 2.95. The Morgan fingerprint density at radius 2 is 1.61 bits per heavy atom. The minimum Gasteiger partial charge on any atom is -0.289 e. The highest BCUT2D eigenvalue weighted by Crippen LogP contribution is 2.17. The van der Waals surface area contributed by atoms with Crippen molar-refractivity contribution in [2.45, 2.75) is 6.54 Å². The summed E-state index contributed by atoms with van der Waals surface area (Å²) in [6.07, 6.45) is 3.64. The summed E-state index contributed by atoms with van der Waals surface area (Å²) in [4.78, 5) is 12.5. The molecule has 3 rings (SSSR count). The molecule has 0 saturated heterocycles. The van der Waals surface area contributed by atoms with Gasteiger partial charge >= 0.3 is 5.13 Å². The molecule has 114 valence electrons. The fourth-order valence-electron chi connectivity index (χ4n) is 2.35. The zero-order valence-electron chi connectivity index (χ0n) is 12.6. The standard InChI is InChI=1S/C19H16N2OS/c20-19-21(11-12-23-19)14-17(15-7-3-1-4-8-15)13-18(22)16-9-5-2-6-10-16/h1-13,20H,14H2/p+1/b17-13+. The molecule has 0 amide bonds. The summed E-state index contributed by atoms with van der Waals surface area (Å²) in [5.41, 5.74) is 8.63. The molecule has 0 atom stereocenters. The van der Waals surface area contributed by atoms with E-state index in [1.165, 1.54) is 11.3 Å². The number of hydrogen-bond acceptors (Lipinski definition) is 3. The molecule has 0 radical (unpaired) electrons. The zero-order valence-corrected chi connectivity index (χ0v) is 13.4. The summed E-state index contributed by atoms with van der Waals surface area (Å²) in [6.45, 7) is 0.567. The molecule has 0 bridgehead atoms. The van der Waals surface area contributed by atoms with Crippen LogP contribution >= 0.6 is 11.3 Å². The SMILES string of the molecule is Nc1scc[n+]1C/C(=C\C(=O)c1ccccc1)c1ccccc1. The monoisotopic (exact) mass is 321 g/mol. The number of anilines is 1. The minimum absolute atomic E-state index is 0.00106. The van der Waals surface area contributed by atoms with Crippen molar-refractivity contribution in [2.24, 2.45) is 0 Å². The van der Waals surface area contributed by atoms with Crippen molar-refractivity contribution < 1.29 is 9.36 Å². The van der Waals surface area contributed by atoms with Crippen molar-refractivity contribution >= 4 is 27.8 Å². The van der Waals surface area contributed by atoms with Gasteiger partial charge in [0, 0.05) is 16.5 Å². The largest absolute Gasteiger partial charge is 0.331 e. The van der Waals surface area contributed by atoms with Gasteiger partial charge in [-0.2, -0.15) is 0 Å². The van der Waals surface area contributed by atoms with E-state index in [1.807, 2.05) is 76.8 Å². The van der Waals surface area contributed by atoms with Gasteiger partial charge in [-0.1, -0.05) is 72.0 Å². The van der Waals surface area contributed by atoms with Gasteiger partial charge in [0.2, 0.25) is 0 Å². The number of thiazole rings is 1. The number of carbonyl (C=O) groups is 1. The smallest absolute Gasteiger partial charge is 0.289 e. The van der Waals surface area contributed by atoms with Gasteiger partial charge in [0.05, 0.1) is 0 Å². The minimum atomic E-state index is -0.00106. The lowest BCUT2D eigenvalue weighted by Crippen LogP contribution is -2.34. The number of nitrogen functional groups attached to an aromatic ring is 1. The second-order valence-electron chi connectivity index (χ2n) is 5.14. The van der Waals surface area contributed by atoms with E-state index in [-0.39, 0.29) is 5.78 Å².